The molecule has 1 aliphatic heterocycles. The first kappa shape index (κ1) is 16.5. The highest BCUT2D eigenvalue weighted by Crippen LogP contribution is 2.46. The number of aromatic hydroxyl groups is 1. The van der Waals surface area contributed by atoms with E-state index < -0.39 is 5.92 Å². The van der Waals surface area contributed by atoms with Crippen LogP contribution in [0.4, 0.5) is 0 Å². The zero-order valence-electron chi connectivity index (χ0n) is 14.3. The second-order valence-corrected chi connectivity index (χ2v) is 5.91. The summed E-state index contributed by atoms with van der Waals surface area (Å²) >= 11 is 0. The molecule has 0 fully saturated rings. The number of aromatic nitrogens is 3. The fourth-order valence-electron chi connectivity index (χ4n) is 3.19. The third-order valence-electron chi connectivity index (χ3n) is 4.44. The molecule has 0 saturated carbocycles. The highest BCUT2D eigenvalue weighted by molar-refractivity contribution is 5.70. The van der Waals surface area contributed by atoms with Gasteiger partial charge in [0.15, 0.2) is 11.5 Å². The first-order chi connectivity index (χ1) is 13.1. The summed E-state index contributed by atoms with van der Waals surface area (Å²) in [5.41, 5.74) is 9.16. The highest BCUT2D eigenvalue weighted by Gasteiger charge is 2.35. The Balaban J connectivity index is 1.96. The van der Waals surface area contributed by atoms with Gasteiger partial charge in [-0.2, -0.15) is 5.26 Å². The zero-order valence-corrected chi connectivity index (χ0v) is 14.3. The number of aromatic amines is 1. The summed E-state index contributed by atoms with van der Waals surface area (Å²) < 4.78 is 10.8. The van der Waals surface area contributed by atoms with Gasteiger partial charge in [0.05, 0.1) is 24.3 Å². The number of nitriles is 1. The van der Waals surface area contributed by atoms with Crippen LogP contribution in [0.25, 0.3) is 11.3 Å². The molecule has 8 nitrogen and oxygen atoms in total. The monoisotopic (exact) mass is 361 g/mol. The first-order valence-corrected chi connectivity index (χ1v) is 8.07. The molecule has 0 radical (unpaired) electrons. The lowest BCUT2D eigenvalue weighted by Gasteiger charge is -2.24. The molecule has 1 atom stereocenters. The fraction of sp³-hybridized carbons (Fsp3) is 0.105. The van der Waals surface area contributed by atoms with Crippen molar-refractivity contribution in [2.75, 3.05) is 7.11 Å². The maximum atomic E-state index is 9.92. The summed E-state index contributed by atoms with van der Waals surface area (Å²) in [5.74, 6) is 0.0660. The van der Waals surface area contributed by atoms with Crippen molar-refractivity contribution in [3.63, 3.8) is 0 Å². The first-order valence-electron chi connectivity index (χ1n) is 8.07. The summed E-state index contributed by atoms with van der Waals surface area (Å²) in [4.78, 5) is 4.03. The lowest BCUT2D eigenvalue weighted by atomic mass is 9.83. The van der Waals surface area contributed by atoms with Crippen LogP contribution >= 0.6 is 0 Å². The summed E-state index contributed by atoms with van der Waals surface area (Å²) in [6, 6.07) is 10.7. The van der Waals surface area contributed by atoms with E-state index in [-0.39, 0.29) is 17.2 Å². The molecule has 1 aliphatic rings. The molecule has 0 aliphatic carbocycles. The van der Waals surface area contributed by atoms with E-state index in [0.717, 1.165) is 5.56 Å². The molecule has 134 valence electrons. The molecule has 2 aromatic heterocycles. The third-order valence-corrected chi connectivity index (χ3v) is 4.44. The minimum Gasteiger partial charge on any atom is -0.504 e. The summed E-state index contributed by atoms with van der Waals surface area (Å²) in [6.45, 7) is 0. The number of ether oxygens (including phenoxy) is 2. The Morgan fingerprint density at radius 1 is 1.30 bits per heavy atom. The van der Waals surface area contributed by atoms with Gasteiger partial charge in [-0.3, -0.25) is 10.1 Å². The number of nitrogens with two attached hydrogens (primary N) is 1. The predicted molar refractivity (Wildman–Crippen MR) is 95.8 cm³/mol. The van der Waals surface area contributed by atoms with E-state index in [2.05, 4.69) is 21.3 Å². The minimum absolute atomic E-state index is 0.00480. The number of allylic oxidation sites excluding steroid dienone is 1. The number of hydrogen-bond donors (Lipinski definition) is 3. The van der Waals surface area contributed by atoms with Crippen molar-refractivity contribution < 1.29 is 14.6 Å². The second-order valence-electron chi connectivity index (χ2n) is 5.91. The Hall–Kier alpha value is -3.99. The lowest BCUT2D eigenvalue weighted by Crippen LogP contribution is -2.21. The van der Waals surface area contributed by atoms with Crippen LogP contribution in [0, 0.1) is 11.3 Å². The number of hydrogen-bond acceptors (Lipinski definition) is 7. The molecule has 0 spiro atoms. The van der Waals surface area contributed by atoms with Crippen LogP contribution in [0.1, 0.15) is 17.0 Å². The molecule has 3 heterocycles. The van der Waals surface area contributed by atoms with Crippen molar-refractivity contribution in [2.24, 2.45) is 5.73 Å². The Labute approximate surface area is 154 Å². The quantitative estimate of drug-likeness (QED) is 0.653. The Morgan fingerprint density at radius 2 is 2.07 bits per heavy atom. The molecule has 27 heavy (non-hydrogen) atoms. The second kappa shape index (κ2) is 6.38. The molecule has 4 rings (SSSR count). The number of phenolic OH excluding ortho intramolecular Hbond substituents is 1. The van der Waals surface area contributed by atoms with E-state index in [9.17, 15) is 10.4 Å². The van der Waals surface area contributed by atoms with E-state index in [1.54, 1.807) is 24.5 Å². The van der Waals surface area contributed by atoms with Gasteiger partial charge in [-0.1, -0.05) is 6.07 Å². The van der Waals surface area contributed by atoms with Crippen LogP contribution in [0.2, 0.25) is 0 Å². The fourth-order valence-corrected chi connectivity index (χ4v) is 3.19. The number of nitrogens with zero attached hydrogens (tertiary/aromatic N) is 3. The standard InChI is InChI=1S/C19H15N5O3/c1-26-14-8-11(2-3-13(14)25)15-12(9-20)18(21)27-19-16(15)17(23-24-19)10-4-6-22-7-5-10/h2-8,15,25H,21H2,1H3,(H,23,24)/t15-/m1/s1. The normalized spacial score (nSPS) is 15.6. The van der Waals surface area contributed by atoms with Gasteiger partial charge in [0.2, 0.25) is 11.8 Å². The van der Waals surface area contributed by atoms with Crippen LogP contribution in [0.15, 0.2) is 54.2 Å². The number of benzene rings is 1. The van der Waals surface area contributed by atoms with Crippen LogP contribution in [0.5, 0.6) is 17.4 Å². The van der Waals surface area contributed by atoms with E-state index in [1.165, 1.54) is 13.2 Å². The Kier molecular flexibility index (Phi) is 3.90. The van der Waals surface area contributed by atoms with Crippen LogP contribution in [0.3, 0.4) is 0 Å². The summed E-state index contributed by atoms with van der Waals surface area (Å²) in [7, 11) is 1.46. The maximum Gasteiger partial charge on any atom is 0.244 e. The van der Waals surface area contributed by atoms with Gasteiger partial charge in [0.25, 0.3) is 0 Å². The van der Waals surface area contributed by atoms with Crippen LogP contribution in [-0.4, -0.2) is 27.4 Å². The average molecular weight is 361 g/mol. The van der Waals surface area contributed by atoms with Gasteiger partial charge in [-0.15, -0.1) is 5.10 Å². The number of pyridine rings is 1. The van der Waals surface area contributed by atoms with E-state index in [0.29, 0.717) is 28.5 Å². The number of methoxy groups -OCH3 is 1. The van der Waals surface area contributed by atoms with Gasteiger partial charge < -0.3 is 20.3 Å². The molecule has 0 amide bonds. The van der Waals surface area contributed by atoms with Crippen molar-refractivity contribution >= 4 is 0 Å². The summed E-state index contributed by atoms with van der Waals surface area (Å²) in [5, 5.41) is 26.8. The topological polar surface area (TPSA) is 130 Å². The smallest absolute Gasteiger partial charge is 0.244 e. The van der Waals surface area contributed by atoms with Crippen LogP contribution < -0.4 is 15.2 Å². The molecule has 0 saturated heterocycles. The molecular weight excluding hydrogens is 346 g/mol. The zero-order chi connectivity index (χ0) is 19.0. The van der Waals surface area contributed by atoms with Crippen molar-refractivity contribution in [1.29, 1.82) is 5.26 Å². The molecular formula is C19H15N5O3. The van der Waals surface area contributed by atoms with Crippen molar-refractivity contribution in [1.82, 2.24) is 15.2 Å². The average Bonchev–Trinajstić information content (AvgIpc) is 3.11. The number of rotatable bonds is 3. The molecule has 3 aromatic rings. The predicted octanol–water partition coefficient (Wildman–Crippen LogP) is 2.40. The number of nitrogens with one attached hydrogen (secondary N) is 1. The lowest BCUT2D eigenvalue weighted by molar-refractivity contribution is 0.371. The molecule has 1 aromatic carbocycles. The Bertz CT molecular complexity index is 1080. The Morgan fingerprint density at radius 3 is 2.78 bits per heavy atom. The van der Waals surface area contributed by atoms with Crippen LogP contribution in [-0.2, 0) is 0 Å². The van der Waals surface area contributed by atoms with E-state index in [1.807, 2.05) is 12.1 Å². The molecule has 0 bridgehead atoms. The van der Waals surface area contributed by atoms with Crippen molar-refractivity contribution in [2.45, 2.75) is 5.92 Å². The van der Waals surface area contributed by atoms with Gasteiger partial charge in [-0.25, -0.2) is 0 Å². The number of phenols is 1. The maximum absolute atomic E-state index is 9.92. The van der Waals surface area contributed by atoms with Gasteiger partial charge in [0, 0.05) is 18.0 Å². The number of fused-ring (bicyclic) bond motifs is 1. The minimum atomic E-state index is -0.532. The van der Waals surface area contributed by atoms with Gasteiger partial charge in [0.1, 0.15) is 11.6 Å². The van der Waals surface area contributed by atoms with Gasteiger partial charge in [-0.05, 0) is 29.8 Å². The number of H-pyrrole nitrogens is 1. The largest absolute Gasteiger partial charge is 0.504 e. The summed E-state index contributed by atoms with van der Waals surface area (Å²) in [6.07, 6.45) is 3.33. The van der Waals surface area contributed by atoms with E-state index in [4.69, 9.17) is 15.2 Å². The molecule has 4 N–H and O–H groups in total. The van der Waals surface area contributed by atoms with Gasteiger partial charge >= 0.3 is 0 Å². The highest BCUT2D eigenvalue weighted by atomic mass is 16.5. The van der Waals surface area contributed by atoms with Crippen molar-refractivity contribution in [3.8, 4) is 34.7 Å². The van der Waals surface area contributed by atoms with Crippen molar-refractivity contribution in [3.05, 3.63) is 65.3 Å². The molecule has 8 heteroatoms. The molecule has 0 unspecified atom stereocenters. The SMILES string of the molecule is COc1cc([C@@H]2C(C#N)=C(N)Oc3n[nH]c(-c4ccncc4)c32)ccc1O. The van der Waals surface area contributed by atoms with E-state index >= 15 is 0 Å². The third kappa shape index (κ3) is 2.62.